The summed E-state index contributed by atoms with van der Waals surface area (Å²) < 4.78 is 35.8. The Morgan fingerprint density at radius 2 is 1.88 bits per heavy atom. The van der Waals surface area contributed by atoms with Crippen molar-refractivity contribution >= 4 is 5.97 Å². The lowest BCUT2D eigenvalue weighted by Crippen LogP contribution is -2.35. The Labute approximate surface area is 98.6 Å². The van der Waals surface area contributed by atoms with Crippen LogP contribution < -0.4 is 0 Å². The van der Waals surface area contributed by atoms with Gasteiger partial charge in [0.1, 0.15) is 0 Å². The van der Waals surface area contributed by atoms with Gasteiger partial charge in [-0.1, -0.05) is 0 Å². The van der Waals surface area contributed by atoms with Crippen LogP contribution in [0.2, 0.25) is 0 Å². The topological polar surface area (TPSA) is 40.5 Å². The van der Waals surface area contributed by atoms with Crippen molar-refractivity contribution < 1.29 is 23.1 Å². The van der Waals surface area contributed by atoms with Crippen molar-refractivity contribution in [2.45, 2.75) is 38.3 Å². The van der Waals surface area contributed by atoms with Gasteiger partial charge >= 0.3 is 12.1 Å². The number of halogens is 3. The van der Waals surface area contributed by atoms with E-state index in [0.29, 0.717) is 6.54 Å². The Morgan fingerprint density at radius 3 is 2.35 bits per heavy atom. The minimum atomic E-state index is -4.07. The number of hydrogen-bond acceptors (Lipinski definition) is 2. The summed E-state index contributed by atoms with van der Waals surface area (Å²) in [5, 5.41) is 8.62. The Hall–Kier alpha value is -0.780. The van der Waals surface area contributed by atoms with E-state index in [1.165, 1.54) is 0 Å². The van der Waals surface area contributed by atoms with Gasteiger partial charge < -0.3 is 10.0 Å². The molecular formula is C11H18F3NO2. The maximum absolute atomic E-state index is 11.9. The molecule has 6 heteroatoms. The molecule has 1 rings (SSSR count). The molecule has 0 spiro atoms. The second kappa shape index (κ2) is 6.23. The lowest BCUT2D eigenvalue weighted by molar-refractivity contribution is -0.139. The van der Waals surface area contributed by atoms with Gasteiger partial charge in [0, 0.05) is 12.8 Å². The van der Waals surface area contributed by atoms with Gasteiger partial charge in [-0.05, 0) is 44.8 Å². The highest BCUT2D eigenvalue weighted by Crippen LogP contribution is 2.23. The van der Waals surface area contributed by atoms with Crippen LogP contribution in [0.5, 0.6) is 0 Å². The third-order valence-electron chi connectivity index (χ3n) is 3.11. The van der Waals surface area contributed by atoms with Crippen LogP contribution in [0.25, 0.3) is 0 Å². The molecular weight excluding hydrogens is 235 g/mol. The molecule has 1 saturated heterocycles. The normalized spacial score (nSPS) is 19.5. The zero-order chi connectivity index (χ0) is 12.9. The average Bonchev–Trinajstić information content (AvgIpc) is 2.18. The predicted octanol–water partition coefficient (Wildman–Crippen LogP) is 2.52. The minimum Gasteiger partial charge on any atom is -0.481 e. The van der Waals surface area contributed by atoms with Crippen LogP contribution in [0.3, 0.4) is 0 Å². The molecule has 0 saturated carbocycles. The van der Waals surface area contributed by atoms with Crippen LogP contribution >= 0.6 is 0 Å². The number of rotatable bonds is 5. The summed E-state index contributed by atoms with van der Waals surface area (Å²) in [6.45, 7) is 1.89. The van der Waals surface area contributed by atoms with Crippen molar-refractivity contribution in [2.75, 3.05) is 19.6 Å². The van der Waals surface area contributed by atoms with Crippen molar-refractivity contribution in [3.63, 3.8) is 0 Å². The lowest BCUT2D eigenvalue weighted by atomic mass is 9.93. The standard InChI is InChI=1S/C11H18F3NO2/c12-11(13,14)4-1-5-15-6-2-9(3-7-15)8-10(16)17/h9H,1-8H2,(H,16,17). The Kier molecular flexibility index (Phi) is 5.24. The minimum absolute atomic E-state index is 0.132. The maximum Gasteiger partial charge on any atom is 0.389 e. The van der Waals surface area contributed by atoms with Crippen molar-refractivity contribution in [1.82, 2.24) is 4.90 Å². The Bertz CT molecular complexity index is 248. The molecule has 0 atom stereocenters. The number of carboxylic acid groups (broad SMARTS) is 1. The maximum atomic E-state index is 11.9. The fourth-order valence-electron chi connectivity index (χ4n) is 2.16. The van der Waals surface area contributed by atoms with Crippen molar-refractivity contribution in [1.29, 1.82) is 0 Å². The van der Waals surface area contributed by atoms with Gasteiger partial charge in [0.2, 0.25) is 0 Å². The molecule has 1 aliphatic heterocycles. The molecule has 1 aliphatic rings. The van der Waals surface area contributed by atoms with E-state index in [9.17, 15) is 18.0 Å². The highest BCUT2D eigenvalue weighted by molar-refractivity contribution is 5.67. The monoisotopic (exact) mass is 253 g/mol. The third-order valence-corrected chi connectivity index (χ3v) is 3.11. The molecule has 100 valence electrons. The summed E-state index contributed by atoms with van der Waals surface area (Å²) in [7, 11) is 0. The van der Waals surface area contributed by atoms with Gasteiger partial charge in [-0.15, -0.1) is 0 Å². The first kappa shape index (κ1) is 14.3. The molecule has 3 nitrogen and oxygen atoms in total. The van der Waals surface area contributed by atoms with Crippen molar-refractivity contribution in [2.24, 2.45) is 5.92 Å². The summed E-state index contributed by atoms with van der Waals surface area (Å²) in [5.41, 5.74) is 0. The van der Waals surface area contributed by atoms with Crippen LogP contribution in [0.15, 0.2) is 0 Å². The molecule has 0 bridgehead atoms. The molecule has 1 N–H and O–H groups in total. The van der Waals surface area contributed by atoms with Gasteiger partial charge in [0.05, 0.1) is 0 Å². The SMILES string of the molecule is O=C(O)CC1CCN(CCCC(F)(F)F)CC1. The second-order valence-electron chi connectivity index (χ2n) is 4.60. The van der Waals surface area contributed by atoms with E-state index in [0.717, 1.165) is 25.9 Å². The molecule has 0 amide bonds. The number of likely N-dealkylation sites (tertiary alicyclic amines) is 1. The van der Waals surface area contributed by atoms with Gasteiger partial charge in [0.15, 0.2) is 0 Å². The third kappa shape index (κ3) is 6.51. The highest BCUT2D eigenvalue weighted by atomic mass is 19.4. The molecule has 1 fully saturated rings. The first-order chi connectivity index (χ1) is 7.87. The van der Waals surface area contributed by atoms with Crippen LogP contribution in [-0.4, -0.2) is 41.8 Å². The Morgan fingerprint density at radius 1 is 1.29 bits per heavy atom. The smallest absolute Gasteiger partial charge is 0.389 e. The lowest BCUT2D eigenvalue weighted by Gasteiger charge is -2.31. The van der Waals surface area contributed by atoms with E-state index in [-0.39, 0.29) is 18.8 Å². The van der Waals surface area contributed by atoms with E-state index < -0.39 is 18.6 Å². The van der Waals surface area contributed by atoms with Crippen LogP contribution in [0.1, 0.15) is 32.1 Å². The fraction of sp³-hybridized carbons (Fsp3) is 0.909. The average molecular weight is 253 g/mol. The van der Waals surface area contributed by atoms with E-state index in [4.69, 9.17) is 5.11 Å². The quantitative estimate of drug-likeness (QED) is 0.818. The van der Waals surface area contributed by atoms with E-state index >= 15 is 0 Å². The van der Waals surface area contributed by atoms with Crippen molar-refractivity contribution in [3.8, 4) is 0 Å². The summed E-state index contributed by atoms with van der Waals surface area (Å²) in [6, 6.07) is 0. The van der Waals surface area contributed by atoms with Gasteiger partial charge in [0.25, 0.3) is 0 Å². The zero-order valence-corrected chi connectivity index (χ0v) is 9.67. The first-order valence-electron chi connectivity index (χ1n) is 5.88. The second-order valence-corrected chi connectivity index (χ2v) is 4.60. The van der Waals surface area contributed by atoms with Gasteiger partial charge in [-0.2, -0.15) is 13.2 Å². The fourth-order valence-corrected chi connectivity index (χ4v) is 2.16. The van der Waals surface area contributed by atoms with Gasteiger partial charge in [-0.25, -0.2) is 0 Å². The Balaban J connectivity index is 2.13. The molecule has 0 aromatic carbocycles. The molecule has 0 unspecified atom stereocenters. The van der Waals surface area contributed by atoms with Crippen LogP contribution in [0, 0.1) is 5.92 Å². The number of alkyl halides is 3. The number of nitrogens with zero attached hydrogens (tertiary/aromatic N) is 1. The number of aliphatic carboxylic acids is 1. The first-order valence-corrected chi connectivity index (χ1v) is 5.88. The summed E-state index contributed by atoms with van der Waals surface area (Å²) in [6.07, 6.45) is -2.94. The molecule has 1 heterocycles. The molecule has 0 radical (unpaired) electrons. The van der Waals surface area contributed by atoms with Crippen LogP contribution in [0.4, 0.5) is 13.2 Å². The molecule has 0 aliphatic carbocycles. The van der Waals surface area contributed by atoms with Gasteiger partial charge in [-0.3, -0.25) is 4.79 Å². The van der Waals surface area contributed by atoms with E-state index in [1.807, 2.05) is 4.90 Å². The number of hydrogen-bond donors (Lipinski definition) is 1. The van der Waals surface area contributed by atoms with E-state index in [2.05, 4.69) is 0 Å². The summed E-state index contributed by atoms with van der Waals surface area (Å²) in [5.74, 6) is -0.605. The van der Waals surface area contributed by atoms with Crippen LogP contribution in [-0.2, 0) is 4.79 Å². The van der Waals surface area contributed by atoms with Crippen molar-refractivity contribution in [3.05, 3.63) is 0 Å². The predicted molar refractivity (Wildman–Crippen MR) is 56.7 cm³/mol. The number of piperidine rings is 1. The largest absolute Gasteiger partial charge is 0.481 e. The number of carbonyl (C=O) groups is 1. The summed E-state index contributed by atoms with van der Waals surface area (Å²) in [4.78, 5) is 12.5. The molecule has 0 aromatic rings. The number of carboxylic acids is 1. The zero-order valence-electron chi connectivity index (χ0n) is 9.67. The van der Waals surface area contributed by atoms with E-state index in [1.54, 1.807) is 0 Å². The molecule has 17 heavy (non-hydrogen) atoms. The highest BCUT2D eigenvalue weighted by Gasteiger charge is 2.27. The summed E-state index contributed by atoms with van der Waals surface area (Å²) >= 11 is 0. The molecule has 0 aromatic heterocycles.